The zero-order chi connectivity index (χ0) is 12.3. The van der Waals surface area contributed by atoms with Crippen molar-refractivity contribution >= 4 is 11.7 Å². The smallest absolute Gasteiger partial charge is 0.335 e. The molecule has 0 aromatic heterocycles. The number of hydrogen-bond acceptors (Lipinski definition) is 2. The molecule has 1 saturated carbocycles. The van der Waals surface area contributed by atoms with Crippen LogP contribution in [-0.4, -0.2) is 17.6 Å². The van der Waals surface area contributed by atoms with E-state index in [2.05, 4.69) is 5.32 Å². The third-order valence-corrected chi connectivity index (χ3v) is 3.31. The Kier molecular flexibility index (Phi) is 3.61. The van der Waals surface area contributed by atoms with Gasteiger partial charge in [-0.3, -0.25) is 0 Å². The van der Waals surface area contributed by atoms with Gasteiger partial charge in [-0.25, -0.2) is 9.18 Å². The van der Waals surface area contributed by atoms with E-state index in [0.717, 1.165) is 24.9 Å². The molecule has 0 atom stereocenters. The maximum Gasteiger partial charge on any atom is 0.335 e. The van der Waals surface area contributed by atoms with Crippen molar-refractivity contribution in [2.24, 2.45) is 5.92 Å². The lowest BCUT2D eigenvalue weighted by atomic mass is 9.83. The van der Waals surface area contributed by atoms with Crippen molar-refractivity contribution in [2.45, 2.75) is 25.7 Å². The molecule has 0 aliphatic heterocycles. The number of aromatic carboxylic acids is 1. The van der Waals surface area contributed by atoms with Crippen LogP contribution in [0.1, 0.15) is 36.0 Å². The minimum Gasteiger partial charge on any atom is -0.478 e. The third kappa shape index (κ3) is 2.96. The summed E-state index contributed by atoms with van der Waals surface area (Å²) in [6, 6.07) is 3.95. The summed E-state index contributed by atoms with van der Waals surface area (Å²) in [6.45, 7) is 0.744. The zero-order valence-electron chi connectivity index (χ0n) is 9.58. The van der Waals surface area contributed by atoms with Crippen molar-refractivity contribution in [3.05, 3.63) is 29.6 Å². The molecule has 1 aromatic carbocycles. The largest absolute Gasteiger partial charge is 0.478 e. The molecule has 2 N–H and O–H groups in total. The van der Waals surface area contributed by atoms with E-state index >= 15 is 0 Å². The Labute approximate surface area is 99.7 Å². The van der Waals surface area contributed by atoms with Gasteiger partial charge in [0.15, 0.2) is 0 Å². The highest BCUT2D eigenvalue weighted by Crippen LogP contribution is 2.29. The highest BCUT2D eigenvalue weighted by Gasteiger charge is 2.16. The van der Waals surface area contributed by atoms with Gasteiger partial charge in [-0.2, -0.15) is 0 Å². The fourth-order valence-corrected chi connectivity index (χ4v) is 1.98. The number of carbonyl (C=O) groups is 1. The Bertz CT molecular complexity index is 416. The molecule has 1 aliphatic carbocycles. The molecule has 0 saturated heterocycles. The molecule has 0 bridgehead atoms. The molecule has 4 heteroatoms. The van der Waals surface area contributed by atoms with E-state index < -0.39 is 11.8 Å². The summed E-state index contributed by atoms with van der Waals surface area (Å²) < 4.78 is 13.5. The van der Waals surface area contributed by atoms with Gasteiger partial charge >= 0.3 is 5.97 Å². The summed E-state index contributed by atoms with van der Waals surface area (Å²) in [6.07, 6.45) is 4.93. The lowest BCUT2D eigenvalue weighted by Gasteiger charge is -2.25. The molecular weight excluding hydrogens is 221 g/mol. The van der Waals surface area contributed by atoms with Crippen molar-refractivity contribution in [3.63, 3.8) is 0 Å². The van der Waals surface area contributed by atoms with Crippen LogP contribution in [0.2, 0.25) is 0 Å². The number of nitrogens with one attached hydrogen (secondary N) is 1. The first-order valence-corrected chi connectivity index (χ1v) is 5.93. The van der Waals surface area contributed by atoms with Crippen molar-refractivity contribution < 1.29 is 14.3 Å². The maximum absolute atomic E-state index is 13.5. The standard InChI is InChI=1S/C13H16FNO2/c14-11-8-10(13(16)17)4-5-12(11)15-7-6-9-2-1-3-9/h4-5,8-9,15H,1-3,6-7H2,(H,16,17). The van der Waals surface area contributed by atoms with Gasteiger partial charge < -0.3 is 10.4 Å². The summed E-state index contributed by atoms with van der Waals surface area (Å²) in [5.74, 6) is -0.827. The zero-order valence-corrected chi connectivity index (χ0v) is 9.58. The van der Waals surface area contributed by atoms with Gasteiger partial charge in [0.05, 0.1) is 11.3 Å². The van der Waals surface area contributed by atoms with E-state index in [9.17, 15) is 9.18 Å². The average molecular weight is 237 g/mol. The minimum atomic E-state index is -1.11. The Morgan fingerprint density at radius 2 is 2.24 bits per heavy atom. The fraction of sp³-hybridized carbons (Fsp3) is 0.462. The minimum absolute atomic E-state index is 0.0213. The first kappa shape index (κ1) is 11.9. The van der Waals surface area contributed by atoms with Crippen LogP contribution < -0.4 is 5.32 Å². The second kappa shape index (κ2) is 5.17. The summed E-state index contributed by atoms with van der Waals surface area (Å²) in [5.41, 5.74) is 0.362. The number of carboxylic acids is 1. The quantitative estimate of drug-likeness (QED) is 0.827. The fourth-order valence-electron chi connectivity index (χ4n) is 1.98. The van der Waals surface area contributed by atoms with Crippen LogP contribution in [0.4, 0.5) is 10.1 Å². The number of benzene rings is 1. The molecule has 1 fully saturated rings. The second-order valence-corrected chi connectivity index (χ2v) is 4.51. The van der Waals surface area contributed by atoms with Crippen LogP contribution in [0.5, 0.6) is 0 Å². The summed E-state index contributed by atoms with van der Waals surface area (Å²) in [7, 11) is 0. The SMILES string of the molecule is O=C(O)c1ccc(NCCC2CCC2)c(F)c1. The van der Waals surface area contributed by atoms with Gasteiger partial charge in [0.25, 0.3) is 0 Å². The van der Waals surface area contributed by atoms with E-state index in [1.54, 1.807) is 0 Å². The third-order valence-electron chi connectivity index (χ3n) is 3.31. The highest BCUT2D eigenvalue weighted by atomic mass is 19.1. The molecule has 0 spiro atoms. The molecule has 0 heterocycles. The molecule has 92 valence electrons. The van der Waals surface area contributed by atoms with E-state index in [4.69, 9.17) is 5.11 Å². The summed E-state index contributed by atoms with van der Waals surface area (Å²) in [4.78, 5) is 10.6. The van der Waals surface area contributed by atoms with Crippen LogP contribution in [0, 0.1) is 11.7 Å². The van der Waals surface area contributed by atoms with Crippen molar-refractivity contribution in [2.75, 3.05) is 11.9 Å². The molecule has 17 heavy (non-hydrogen) atoms. The van der Waals surface area contributed by atoms with Gasteiger partial charge in [0.2, 0.25) is 0 Å². The van der Waals surface area contributed by atoms with Gasteiger partial charge in [-0.1, -0.05) is 19.3 Å². The van der Waals surface area contributed by atoms with Crippen LogP contribution in [-0.2, 0) is 0 Å². The first-order chi connectivity index (χ1) is 8.16. The number of carboxylic acid groups (broad SMARTS) is 1. The molecule has 0 radical (unpaired) electrons. The lowest BCUT2D eigenvalue weighted by molar-refractivity contribution is 0.0696. The maximum atomic E-state index is 13.5. The van der Waals surface area contributed by atoms with E-state index in [-0.39, 0.29) is 5.56 Å². The van der Waals surface area contributed by atoms with E-state index in [1.807, 2.05) is 0 Å². The molecule has 1 aromatic rings. The Balaban J connectivity index is 1.89. The topological polar surface area (TPSA) is 49.3 Å². The molecular formula is C13H16FNO2. The lowest BCUT2D eigenvalue weighted by Crippen LogP contribution is -2.16. The van der Waals surface area contributed by atoms with Crippen molar-refractivity contribution in [1.29, 1.82) is 0 Å². The van der Waals surface area contributed by atoms with Gasteiger partial charge in [-0.15, -0.1) is 0 Å². The Morgan fingerprint density at radius 1 is 1.47 bits per heavy atom. The highest BCUT2D eigenvalue weighted by molar-refractivity contribution is 5.88. The van der Waals surface area contributed by atoms with Crippen LogP contribution in [0.3, 0.4) is 0 Å². The second-order valence-electron chi connectivity index (χ2n) is 4.51. The predicted molar refractivity (Wildman–Crippen MR) is 63.8 cm³/mol. The number of hydrogen-bond donors (Lipinski definition) is 2. The van der Waals surface area contributed by atoms with Gasteiger partial charge in [-0.05, 0) is 30.5 Å². The number of anilines is 1. The number of halogens is 1. The van der Waals surface area contributed by atoms with Gasteiger partial charge in [0.1, 0.15) is 5.82 Å². The molecule has 3 nitrogen and oxygen atoms in total. The van der Waals surface area contributed by atoms with E-state index in [1.165, 1.54) is 31.4 Å². The predicted octanol–water partition coefficient (Wildman–Crippen LogP) is 3.13. The Morgan fingerprint density at radius 3 is 2.76 bits per heavy atom. The normalized spacial score (nSPS) is 15.4. The first-order valence-electron chi connectivity index (χ1n) is 5.93. The van der Waals surface area contributed by atoms with Crippen LogP contribution in [0.25, 0.3) is 0 Å². The summed E-state index contributed by atoms with van der Waals surface area (Å²) in [5, 5.41) is 11.7. The Hall–Kier alpha value is -1.58. The van der Waals surface area contributed by atoms with Gasteiger partial charge in [0, 0.05) is 6.54 Å². The summed E-state index contributed by atoms with van der Waals surface area (Å²) >= 11 is 0. The number of rotatable bonds is 5. The monoisotopic (exact) mass is 237 g/mol. The molecule has 0 unspecified atom stereocenters. The average Bonchev–Trinajstić information content (AvgIpc) is 2.23. The molecule has 2 rings (SSSR count). The van der Waals surface area contributed by atoms with Crippen LogP contribution >= 0.6 is 0 Å². The van der Waals surface area contributed by atoms with Crippen molar-refractivity contribution in [1.82, 2.24) is 0 Å². The molecule has 0 amide bonds. The van der Waals surface area contributed by atoms with Crippen LogP contribution in [0.15, 0.2) is 18.2 Å². The van der Waals surface area contributed by atoms with Crippen molar-refractivity contribution in [3.8, 4) is 0 Å². The molecule has 1 aliphatic rings. The van der Waals surface area contributed by atoms with E-state index in [0.29, 0.717) is 5.69 Å².